The summed E-state index contributed by atoms with van der Waals surface area (Å²) < 4.78 is 6.25. The van der Waals surface area contributed by atoms with Crippen molar-refractivity contribution < 1.29 is 19.4 Å². The molecule has 0 radical (unpaired) electrons. The van der Waals surface area contributed by atoms with E-state index in [2.05, 4.69) is 13.8 Å². The van der Waals surface area contributed by atoms with Gasteiger partial charge in [0.15, 0.2) is 17.2 Å². The zero-order valence-electron chi connectivity index (χ0n) is 17.9. The summed E-state index contributed by atoms with van der Waals surface area (Å²) in [7, 11) is 0. The lowest BCUT2D eigenvalue weighted by molar-refractivity contribution is -0.195. The molecule has 5 rings (SSSR count). The number of ketones is 1. The third-order valence-corrected chi connectivity index (χ3v) is 10.8. The van der Waals surface area contributed by atoms with Crippen molar-refractivity contribution in [2.45, 2.75) is 95.7 Å². The van der Waals surface area contributed by atoms with Crippen LogP contribution < -0.4 is 0 Å². The largest absolute Gasteiger partial charge is 0.368 e. The molecule has 0 aromatic carbocycles. The minimum absolute atomic E-state index is 0.0727. The summed E-state index contributed by atoms with van der Waals surface area (Å²) in [5.74, 6) is 1.81. The molecule has 0 amide bonds. The number of hydrogen-bond donors (Lipinski definition) is 1. The van der Waals surface area contributed by atoms with Gasteiger partial charge in [-0.25, -0.2) is 0 Å². The molecule has 4 aliphatic carbocycles. The molecule has 4 fully saturated rings. The van der Waals surface area contributed by atoms with Crippen LogP contribution in [0.25, 0.3) is 0 Å². The summed E-state index contributed by atoms with van der Waals surface area (Å²) >= 11 is 1.51. The number of aliphatic hydroxyl groups is 1. The molecule has 5 heteroatoms. The van der Waals surface area contributed by atoms with Gasteiger partial charge in [-0.2, -0.15) is 0 Å². The second kappa shape index (κ2) is 6.67. The molecule has 29 heavy (non-hydrogen) atoms. The highest BCUT2D eigenvalue weighted by molar-refractivity contribution is 8.14. The number of carbonyl (C=O) groups excluding carboxylic acids is 2. The molecule has 0 unspecified atom stereocenters. The van der Waals surface area contributed by atoms with Crippen LogP contribution in [0.15, 0.2) is 11.6 Å². The van der Waals surface area contributed by atoms with Gasteiger partial charge in [-0.1, -0.05) is 31.2 Å². The molecule has 0 aromatic rings. The highest BCUT2D eigenvalue weighted by atomic mass is 32.2. The van der Waals surface area contributed by atoms with Crippen LogP contribution in [0.5, 0.6) is 0 Å². The molecule has 1 aliphatic heterocycles. The standard InChI is InChI=1S/C24H34O4S/c1-14(25)29-19-13-15-12-16(26)4-8-22(15,2)17-5-9-23(3)18(21(17)19)6-10-24(23)11-7-20(27)28-24/h12,17-21,27H,4-11,13H2,1-3H3/t17-,18-,19+,20+,21+,22-,23-,24+/m0/s1. The van der Waals surface area contributed by atoms with Crippen molar-refractivity contribution in [1.29, 1.82) is 0 Å². The van der Waals surface area contributed by atoms with E-state index in [0.29, 0.717) is 24.2 Å². The first-order chi connectivity index (χ1) is 13.7. The molecule has 1 N–H and O–H groups in total. The predicted octanol–water partition coefficient (Wildman–Crippen LogP) is 4.64. The Bertz CT molecular complexity index is 777. The Morgan fingerprint density at radius 1 is 1.14 bits per heavy atom. The number of thioether (sulfide) groups is 1. The average molecular weight is 419 g/mol. The third-order valence-electron chi connectivity index (χ3n) is 9.72. The topological polar surface area (TPSA) is 63.6 Å². The lowest BCUT2D eigenvalue weighted by Crippen LogP contribution is -2.57. The Morgan fingerprint density at radius 2 is 1.86 bits per heavy atom. The van der Waals surface area contributed by atoms with Crippen LogP contribution in [-0.4, -0.2) is 33.1 Å². The Hall–Kier alpha value is -0.650. The van der Waals surface area contributed by atoms with Crippen molar-refractivity contribution in [3.05, 3.63) is 11.6 Å². The number of rotatable bonds is 1. The zero-order chi connectivity index (χ0) is 20.6. The van der Waals surface area contributed by atoms with Gasteiger partial charge in [-0.05, 0) is 79.6 Å². The first kappa shape index (κ1) is 20.3. The fourth-order valence-electron chi connectivity index (χ4n) is 8.27. The molecule has 1 spiro atoms. The summed E-state index contributed by atoms with van der Waals surface area (Å²) in [5.41, 5.74) is 1.29. The molecule has 1 heterocycles. The lowest BCUT2D eigenvalue weighted by atomic mass is 9.46. The average Bonchev–Trinajstić information content (AvgIpc) is 3.17. The monoisotopic (exact) mass is 418 g/mol. The van der Waals surface area contributed by atoms with E-state index in [1.54, 1.807) is 6.92 Å². The van der Waals surface area contributed by atoms with Crippen molar-refractivity contribution in [1.82, 2.24) is 0 Å². The van der Waals surface area contributed by atoms with Crippen molar-refractivity contribution >= 4 is 22.7 Å². The molecule has 5 aliphatic rings. The van der Waals surface area contributed by atoms with E-state index in [1.165, 1.54) is 17.3 Å². The molecule has 3 saturated carbocycles. The van der Waals surface area contributed by atoms with E-state index in [1.807, 2.05) is 6.08 Å². The first-order valence-electron chi connectivity index (χ1n) is 11.5. The van der Waals surface area contributed by atoms with E-state index in [0.717, 1.165) is 51.4 Å². The van der Waals surface area contributed by atoms with Gasteiger partial charge in [0.05, 0.1) is 5.60 Å². The molecular weight excluding hydrogens is 384 g/mol. The van der Waals surface area contributed by atoms with E-state index in [-0.39, 0.29) is 32.6 Å². The number of allylic oxidation sites excluding steroid dienone is 1. The highest BCUT2D eigenvalue weighted by Gasteiger charge is 2.67. The van der Waals surface area contributed by atoms with E-state index >= 15 is 0 Å². The van der Waals surface area contributed by atoms with Gasteiger partial charge in [0.2, 0.25) is 0 Å². The smallest absolute Gasteiger partial charge is 0.186 e. The van der Waals surface area contributed by atoms with Crippen LogP contribution in [0.2, 0.25) is 0 Å². The van der Waals surface area contributed by atoms with Crippen molar-refractivity contribution in [2.75, 3.05) is 0 Å². The first-order valence-corrected chi connectivity index (χ1v) is 12.3. The second-order valence-corrected chi connectivity index (χ2v) is 12.2. The van der Waals surface area contributed by atoms with Crippen LogP contribution in [0.3, 0.4) is 0 Å². The van der Waals surface area contributed by atoms with E-state index in [9.17, 15) is 14.7 Å². The normalized spacial score (nSPS) is 51.4. The Labute approximate surface area is 178 Å². The quantitative estimate of drug-likeness (QED) is 0.672. The van der Waals surface area contributed by atoms with Crippen LogP contribution in [0, 0.1) is 28.6 Å². The lowest BCUT2D eigenvalue weighted by Gasteiger charge is -2.61. The summed E-state index contributed by atoms with van der Waals surface area (Å²) in [6, 6.07) is 0. The van der Waals surface area contributed by atoms with Crippen LogP contribution in [0.4, 0.5) is 0 Å². The van der Waals surface area contributed by atoms with Gasteiger partial charge in [0, 0.05) is 25.0 Å². The van der Waals surface area contributed by atoms with Gasteiger partial charge in [0.1, 0.15) is 0 Å². The second-order valence-electron chi connectivity index (χ2n) is 10.8. The number of fused-ring (bicyclic) bond motifs is 6. The predicted molar refractivity (Wildman–Crippen MR) is 113 cm³/mol. The third kappa shape index (κ3) is 2.79. The molecule has 0 bridgehead atoms. The maximum Gasteiger partial charge on any atom is 0.186 e. The molecule has 4 nitrogen and oxygen atoms in total. The fourth-order valence-corrected chi connectivity index (χ4v) is 9.49. The van der Waals surface area contributed by atoms with Crippen LogP contribution >= 0.6 is 11.8 Å². The maximum absolute atomic E-state index is 12.2. The Kier molecular flexibility index (Phi) is 4.66. The van der Waals surface area contributed by atoms with E-state index < -0.39 is 6.29 Å². The summed E-state index contributed by atoms with van der Waals surface area (Å²) in [4.78, 5) is 24.4. The fraction of sp³-hybridized carbons (Fsp3) is 0.833. The molecule has 1 saturated heterocycles. The van der Waals surface area contributed by atoms with Gasteiger partial charge in [0.25, 0.3) is 0 Å². The van der Waals surface area contributed by atoms with Crippen LogP contribution in [0.1, 0.15) is 78.6 Å². The number of aliphatic hydroxyl groups excluding tert-OH is 1. The summed E-state index contributed by atoms with van der Waals surface area (Å²) in [5, 5.41) is 10.6. The molecule has 160 valence electrons. The number of carbonyl (C=O) groups is 2. The molecule has 8 atom stereocenters. The van der Waals surface area contributed by atoms with Gasteiger partial charge < -0.3 is 9.84 Å². The zero-order valence-corrected chi connectivity index (χ0v) is 18.7. The van der Waals surface area contributed by atoms with Gasteiger partial charge in [-0.3, -0.25) is 9.59 Å². The Morgan fingerprint density at radius 3 is 2.55 bits per heavy atom. The van der Waals surface area contributed by atoms with Crippen molar-refractivity contribution in [3.8, 4) is 0 Å². The molecular formula is C24H34O4S. The van der Waals surface area contributed by atoms with Gasteiger partial charge >= 0.3 is 0 Å². The summed E-state index contributed by atoms with van der Waals surface area (Å²) in [6.45, 7) is 6.48. The van der Waals surface area contributed by atoms with Crippen molar-refractivity contribution in [3.63, 3.8) is 0 Å². The minimum Gasteiger partial charge on any atom is -0.368 e. The van der Waals surface area contributed by atoms with Gasteiger partial charge in [-0.15, -0.1) is 0 Å². The highest BCUT2D eigenvalue weighted by Crippen LogP contribution is 2.70. The van der Waals surface area contributed by atoms with Crippen molar-refractivity contribution in [2.24, 2.45) is 28.6 Å². The Balaban J connectivity index is 1.55. The number of ether oxygens (including phenoxy) is 1. The SMILES string of the molecule is CC(=O)S[C@@H]1CC2=CC(=O)CC[C@]2(C)[C@H]2CC[C@@]3(C)[C@@H](CC[C@@]34CC[C@H](O)O4)[C@H]12. The van der Waals surface area contributed by atoms with E-state index in [4.69, 9.17) is 4.74 Å². The van der Waals surface area contributed by atoms with Crippen LogP contribution in [-0.2, 0) is 14.3 Å². The number of hydrogen-bond acceptors (Lipinski definition) is 5. The maximum atomic E-state index is 12.2. The minimum atomic E-state index is -0.617. The molecule has 0 aromatic heterocycles. The summed E-state index contributed by atoms with van der Waals surface area (Å²) in [6.07, 6.45) is 9.93.